The fraction of sp³-hybridized carbons (Fsp3) is 0. The average Bonchev–Trinajstić information content (AvgIpc) is 3.05. The van der Waals surface area contributed by atoms with Gasteiger partial charge in [-0.3, -0.25) is 0 Å². The van der Waals surface area contributed by atoms with Gasteiger partial charge in [0.05, 0.1) is 5.02 Å². The fourth-order valence-corrected chi connectivity index (χ4v) is 3.68. The molecule has 0 atom stereocenters. The zero-order valence-electron chi connectivity index (χ0n) is 11.4. The molecule has 12 heteroatoms. The molecule has 0 aliphatic carbocycles. The quantitative estimate of drug-likeness (QED) is 0.354. The zero-order valence-corrected chi connectivity index (χ0v) is 16.1. The predicted molar refractivity (Wildman–Crippen MR) is 94.8 cm³/mol. The molecule has 0 saturated carbocycles. The molecule has 0 aliphatic heterocycles. The summed E-state index contributed by atoms with van der Waals surface area (Å²) in [6, 6.07) is 6.65. The van der Waals surface area contributed by atoms with Crippen molar-refractivity contribution < 1.29 is 10.4 Å². The molecule has 0 bridgehead atoms. The van der Waals surface area contributed by atoms with Crippen molar-refractivity contribution in [2.75, 3.05) is 0 Å². The van der Waals surface area contributed by atoms with Gasteiger partial charge in [-0.1, -0.05) is 48.8 Å². The smallest absolute Gasteiger partial charge is 0.135 e. The summed E-state index contributed by atoms with van der Waals surface area (Å²) in [5.74, 6) is 0. The molecule has 2 aromatic heterocycles. The van der Waals surface area contributed by atoms with Crippen LogP contribution in [0.3, 0.4) is 0 Å². The first-order valence-electron chi connectivity index (χ1n) is 6.16. The summed E-state index contributed by atoms with van der Waals surface area (Å²) in [5.41, 5.74) is 2.04. The molecule has 0 spiro atoms. The van der Waals surface area contributed by atoms with Crippen LogP contribution in [0.4, 0.5) is 0 Å². The molecule has 4 aromatic rings. The summed E-state index contributed by atoms with van der Waals surface area (Å²) in [6.07, 6.45) is 0. The van der Waals surface area contributed by atoms with Crippen molar-refractivity contribution in [1.29, 1.82) is 0 Å². The second kappa shape index (κ2) is 6.71. The van der Waals surface area contributed by atoms with E-state index in [4.69, 9.17) is 33.6 Å². The molecule has 0 fully saturated rings. The van der Waals surface area contributed by atoms with E-state index in [0.29, 0.717) is 37.0 Å². The van der Waals surface area contributed by atoms with Crippen LogP contribution in [0.25, 0.3) is 22.1 Å². The van der Waals surface area contributed by atoms with E-state index in [1.807, 2.05) is 6.07 Å². The Hall–Kier alpha value is -1.62. The molecule has 24 heavy (non-hydrogen) atoms. The summed E-state index contributed by atoms with van der Waals surface area (Å²) >= 11 is 18.0. The monoisotopic (exact) mass is 494 g/mol. The Morgan fingerprint density at radius 3 is 2.08 bits per heavy atom. The highest BCUT2D eigenvalue weighted by molar-refractivity contribution is 9.11. The molecular formula is C12H6Br2Cl2N6O2. The van der Waals surface area contributed by atoms with E-state index >= 15 is 0 Å². The van der Waals surface area contributed by atoms with Crippen molar-refractivity contribution in [1.82, 2.24) is 30.3 Å². The van der Waals surface area contributed by atoms with E-state index in [-0.39, 0.29) is 0 Å². The lowest BCUT2D eigenvalue weighted by Gasteiger charge is -1.94. The number of rotatable bonds is 0. The standard InChI is InChI=1S/C6H3Br2N3O.C6H3Cl2N3O/c2*7-3-1-4(8)6-5(2-3)11(12)10-9-6/h2*1-2,12H. The van der Waals surface area contributed by atoms with Gasteiger partial charge in [-0.2, -0.15) is 0 Å². The van der Waals surface area contributed by atoms with E-state index in [1.165, 1.54) is 6.07 Å². The van der Waals surface area contributed by atoms with Gasteiger partial charge in [0, 0.05) is 14.0 Å². The summed E-state index contributed by atoms with van der Waals surface area (Å²) < 4.78 is 1.66. The molecule has 4 rings (SSSR count). The summed E-state index contributed by atoms with van der Waals surface area (Å²) in [7, 11) is 0. The predicted octanol–water partition coefficient (Wildman–Crippen LogP) is 4.17. The van der Waals surface area contributed by atoms with Crippen molar-refractivity contribution in [3.8, 4) is 0 Å². The van der Waals surface area contributed by atoms with Crippen molar-refractivity contribution in [2.45, 2.75) is 0 Å². The number of nitrogens with zero attached hydrogens (tertiary/aromatic N) is 6. The summed E-state index contributed by atoms with van der Waals surface area (Å²) in [4.78, 5) is 1.37. The first-order chi connectivity index (χ1) is 11.4. The Labute approximate surface area is 160 Å². The van der Waals surface area contributed by atoms with Crippen LogP contribution in [0.15, 0.2) is 33.2 Å². The third kappa shape index (κ3) is 3.27. The van der Waals surface area contributed by atoms with Gasteiger partial charge < -0.3 is 10.4 Å². The minimum atomic E-state index is 0.373. The van der Waals surface area contributed by atoms with Crippen LogP contribution in [0.5, 0.6) is 0 Å². The van der Waals surface area contributed by atoms with E-state index in [0.717, 1.165) is 13.8 Å². The lowest BCUT2D eigenvalue weighted by molar-refractivity contribution is 0.154. The largest absolute Gasteiger partial charge is 0.410 e. The lowest BCUT2D eigenvalue weighted by atomic mass is 10.3. The normalized spacial score (nSPS) is 10.8. The SMILES string of the molecule is On1nnc2c(Br)cc(Br)cc21.On1nnc2c(Cl)cc(Cl)cc21. The van der Waals surface area contributed by atoms with E-state index in [2.05, 4.69) is 52.5 Å². The number of fused-ring (bicyclic) bond motifs is 2. The summed E-state index contributed by atoms with van der Waals surface area (Å²) in [5, 5.41) is 33.3. The number of benzene rings is 2. The van der Waals surface area contributed by atoms with Crippen molar-refractivity contribution in [2.24, 2.45) is 0 Å². The van der Waals surface area contributed by atoms with Crippen LogP contribution < -0.4 is 0 Å². The van der Waals surface area contributed by atoms with Crippen LogP contribution in [-0.4, -0.2) is 40.7 Å². The number of hydrogen-bond donors (Lipinski definition) is 2. The molecule has 124 valence electrons. The number of hydrogen-bond acceptors (Lipinski definition) is 6. The van der Waals surface area contributed by atoms with Gasteiger partial charge in [0.15, 0.2) is 0 Å². The average molecular weight is 497 g/mol. The third-order valence-electron chi connectivity index (χ3n) is 2.91. The van der Waals surface area contributed by atoms with Crippen LogP contribution in [-0.2, 0) is 0 Å². The fourth-order valence-electron chi connectivity index (χ4n) is 1.88. The molecule has 2 aromatic carbocycles. The molecule has 2 heterocycles. The number of halogens is 4. The highest BCUT2D eigenvalue weighted by atomic mass is 79.9. The van der Waals surface area contributed by atoms with Crippen LogP contribution in [0.2, 0.25) is 10.0 Å². The van der Waals surface area contributed by atoms with Gasteiger partial charge in [0.25, 0.3) is 0 Å². The van der Waals surface area contributed by atoms with E-state index < -0.39 is 0 Å². The van der Waals surface area contributed by atoms with Gasteiger partial charge in [0.1, 0.15) is 22.1 Å². The maximum Gasteiger partial charge on any atom is 0.135 e. The molecule has 0 radical (unpaired) electrons. The second-order valence-electron chi connectivity index (χ2n) is 4.47. The van der Waals surface area contributed by atoms with Gasteiger partial charge in [-0.25, -0.2) is 0 Å². The Kier molecular flexibility index (Phi) is 4.81. The maximum atomic E-state index is 9.16. The second-order valence-corrected chi connectivity index (χ2v) is 7.08. The van der Waals surface area contributed by atoms with Crippen molar-refractivity contribution in [3.05, 3.63) is 43.3 Å². The highest BCUT2D eigenvalue weighted by Gasteiger charge is 2.08. The first kappa shape index (κ1) is 17.2. The minimum Gasteiger partial charge on any atom is -0.410 e. The zero-order chi connectivity index (χ0) is 17.4. The van der Waals surface area contributed by atoms with Crippen LogP contribution in [0, 0.1) is 0 Å². The Balaban J connectivity index is 0.000000141. The first-order valence-corrected chi connectivity index (χ1v) is 8.50. The van der Waals surface area contributed by atoms with E-state index in [1.54, 1.807) is 12.1 Å². The molecule has 2 N–H and O–H groups in total. The molecule has 0 aliphatic rings. The lowest BCUT2D eigenvalue weighted by Crippen LogP contribution is -1.91. The number of aromatic nitrogens is 6. The van der Waals surface area contributed by atoms with Gasteiger partial charge in [-0.05, 0) is 50.6 Å². The Bertz CT molecular complexity index is 967. The molecule has 0 saturated heterocycles. The minimum absolute atomic E-state index is 0.373. The van der Waals surface area contributed by atoms with Crippen LogP contribution in [0.1, 0.15) is 0 Å². The maximum absolute atomic E-state index is 9.16. The molecule has 0 unspecified atom stereocenters. The topological polar surface area (TPSA) is 102 Å². The van der Waals surface area contributed by atoms with E-state index in [9.17, 15) is 0 Å². The highest BCUT2D eigenvalue weighted by Crippen LogP contribution is 2.26. The summed E-state index contributed by atoms with van der Waals surface area (Å²) in [6.45, 7) is 0. The Morgan fingerprint density at radius 1 is 0.833 bits per heavy atom. The van der Waals surface area contributed by atoms with Gasteiger partial charge in [-0.15, -0.1) is 10.2 Å². The van der Waals surface area contributed by atoms with Gasteiger partial charge >= 0.3 is 0 Å². The van der Waals surface area contributed by atoms with Crippen molar-refractivity contribution >= 4 is 77.1 Å². The Morgan fingerprint density at radius 2 is 1.42 bits per heavy atom. The molecule has 0 amide bonds. The van der Waals surface area contributed by atoms with Crippen LogP contribution >= 0.6 is 55.1 Å². The van der Waals surface area contributed by atoms with Crippen molar-refractivity contribution in [3.63, 3.8) is 0 Å². The van der Waals surface area contributed by atoms with Gasteiger partial charge in [0.2, 0.25) is 0 Å². The molecular weight excluding hydrogens is 491 g/mol. The molecule has 8 nitrogen and oxygen atoms in total. The third-order valence-corrected chi connectivity index (χ3v) is 4.47.